The number of nitrogens with zero attached hydrogens (tertiary/aromatic N) is 1. The highest BCUT2D eigenvalue weighted by Gasteiger charge is 2.32. The van der Waals surface area contributed by atoms with Gasteiger partial charge in [-0.15, -0.1) is 0 Å². The second-order valence-electron chi connectivity index (χ2n) is 7.71. The van der Waals surface area contributed by atoms with Crippen molar-refractivity contribution in [2.24, 2.45) is 11.8 Å². The molecule has 2 aromatic carbocycles. The number of hydrogen-bond acceptors (Lipinski definition) is 4. The third-order valence-electron chi connectivity index (χ3n) is 5.07. The molecule has 1 saturated heterocycles. The standard InChI is InChI=1S/C21H24ClFN2O4S/c1-13-8-14(2)12-25(11-13)30(27,28)16-5-6-18(23)17(10-16)21(26)24-19-9-15(22)4-7-20(19)29-3/h4-7,9-10,13-14H,8,11-12H2,1-3H3,(H,24,26)/t13-,14-/m1/s1. The average Bonchev–Trinajstić information content (AvgIpc) is 2.67. The van der Waals surface area contributed by atoms with E-state index in [9.17, 15) is 17.6 Å². The van der Waals surface area contributed by atoms with E-state index in [4.69, 9.17) is 16.3 Å². The van der Waals surface area contributed by atoms with Crippen molar-refractivity contribution >= 4 is 33.2 Å². The van der Waals surface area contributed by atoms with E-state index >= 15 is 0 Å². The number of ether oxygens (including phenoxy) is 1. The highest BCUT2D eigenvalue weighted by atomic mass is 35.5. The van der Waals surface area contributed by atoms with E-state index in [-0.39, 0.29) is 28.0 Å². The lowest BCUT2D eigenvalue weighted by molar-refractivity contribution is 0.102. The summed E-state index contributed by atoms with van der Waals surface area (Å²) >= 11 is 5.96. The number of carbonyl (C=O) groups is 1. The molecule has 30 heavy (non-hydrogen) atoms. The summed E-state index contributed by atoms with van der Waals surface area (Å²) in [5.74, 6) is -0.837. The third kappa shape index (κ3) is 4.77. The van der Waals surface area contributed by atoms with Crippen molar-refractivity contribution in [2.75, 3.05) is 25.5 Å². The van der Waals surface area contributed by atoms with Gasteiger partial charge in [0.15, 0.2) is 0 Å². The van der Waals surface area contributed by atoms with Crippen LogP contribution in [0.15, 0.2) is 41.3 Å². The van der Waals surface area contributed by atoms with E-state index in [0.29, 0.717) is 23.9 Å². The van der Waals surface area contributed by atoms with Crippen molar-refractivity contribution in [2.45, 2.75) is 25.2 Å². The molecule has 2 atom stereocenters. The lowest BCUT2D eigenvalue weighted by Gasteiger charge is -2.34. The molecule has 1 aliphatic rings. The fourth-order valence-electron chi connectivity index (χ4n) is 3.76. The molecule has 1 amide bonds. The fraction of sp³-hybridized carbons (Fsp3) is 0.381. The number of carbonyl (C=O) groups excluding carboxylic acids is 1. The number of amides is 1. The second kappa shape index (κ2) is 8.91. The lowest BCUT2D eigenvalue weighted by Crippen LogP contribution is -2.42. The number of halogens is 2. The summed E-state index contributed by atoms with van der Waals surface area (Å²) in [6.45, 7) is 4.79. The summed E-state index contributed by atoms with van der Waals surface area (Å²) in [6, 6.07) is 7.87. The Labute approximate surface area is 181 Å². The van der Waals surface area contributed by atoms with E-state index in [2.05, 4.69) is 5.32 Å². The Kier molecular flexibility index (Phi) is 6.69. The number of sulfonamides is 1. The van der Waals surface area contributed by atoms with Crippen molar-refractivity contribution < 1.29 is 22.3 Å². The predicted molar refractivity (Wildman–Crippen MR) is 114 cm³/mol. The van der Waals surface area contributed by atoms with Crippen LogP contribution >= 0.6 is 11.6 Å². The smallest absolute Gasteiger partial charge is 0.258 e. The molecule has 1 aliphatic heterocycles. The zero-order valence-corrected chi connectivity index (χ0v) is 18.6. The Morgan fingerprint density at radius 2 is 1.83 bits per heavy atom. The van der Waals surface area contributed by atoms with Crippen LogP contribution in [-0.4, -0.2) is 38.8 Å². The molecule has 9 heteroatoms. The Morgan fingerprint density at radius 1 is 1.17 bits per heavy atom. The number of methoxy groups -OCH3 is 1. The van der Waals surface area contributed by atoms with Crippen molar-refractivity contribution in [3.05, 3.63) is 52.8 Å². The van der Waals surface area contributed by atoms with Gasteiger partial charge in [-0.05, 0) is 54.7 Å². The molecule has 0 saturated carbocycles. The van der Waals surface area contributed by atoms with Crippen LogP contribution in [0, 0.1) is 17.7 Å². The van der Waals surface area contributed by atoms with E-state index in [0.717, 1.165) is 18.6 Å². The zero-order chi connectivity index (χ0) is 22.1. The molecule has 0 radical (unpaired) electrons. The highest BCUT2D eigenvalue weighted by molar-refractivity contribution is 7.89. The fourth-order valence-corrected chi connectivity index (χ4v) is 5.64. The molecule has 0 aliphatic carbocycles. The second-order valence-corrected chi connectivity index (χ2v) is 10.1. The van der Waals surface area contributed by atoms with Crippen LogP contribution in [0.5, 0.6) is 5.75 Å². The molecule has 0 spiro atoms. The number of piperidine rings is 1. The van der Waals surface area contributed by atoms with Crippen LogP contribution in [0.2, 0.25) is 5.02 Å². The SMILES string of the molecule is COc1ccc(Cl)cc1NC(=O)c1cc(S(=O)(=O)N2C[C@H](C)C[C@@H](C)C2)ccc1F. The number of anilines is 1. The van der Waals surface area contributed by atoms with E-state index < -0.39 is 21.7 Å². The summed E-state index contributed by atoms with van der Waals surface area (Å²) in [6.07, 6.45) is 0.949. The van der Waals surface area contributed by atoms with Gasteiger partial charge >= 0.3 is 0 Å². The first-order chi connectivity index (χ1) is 14.1. The van der Waals surface area contributed by atoms with E-state index in [1.54, 1.807) is 12.1 Å². The first-order valence-corrected chi connectivity index (χ1v) is 11.4. The van der Waals surface area contributed by atoms with Gasteiger partial charge in [0.2, 0.25) is 10.0 Å². The van der Waals surface area contributed by atoms with Crippen LogP contribution in [-0.2, 0) is 10.0 Å². The van der Waals surface area contributed by atoms with Crippen molar-refractivity contribution in [1.29, 1.82) is 0 Å². The van der Waals surface area contributed by atoms with Gasteiger partial charge in [0.05, 0.1) is 23.3 Å². The molecular weight excluding hydrogens is 431 g/mol. The summed E-state index contributed by atoms with van der Waals surface area (Å²) in [5.41, 5.74) is -0.127. The Morgan fingerprint density at radius 3 is 2.47 bits per heavy atom. The quantitative estimate of drug-likeness (QED) is 0.726. The van der Waals surface area contributed by atoms with Crippen LogP contribution in [0.1, 0.15) is 30.6 Å². The summed E-state index contributed by atoms with van der Waals surface area (Å²) in [4.78, 5) is 12.6. The topological polar surface area (TPSA) is 75.7 Å². The average molecular weight is 455 g/mol. The van der Waals surface area contributed by atoms with Gasteiger partial charge in [-0.1, -0.05) is 25.4 Å². The monoisotopic (exact) mass is 454 g/mol. The van der Waals surface area contributed by atoms with Gasteiger partial charge in [-0.2, -0.15) is 4.31 Å². The van der Waals surface area contributed by atoms with Crippen molar-refractivity contribution in [3.63, 3.8) is 0 Å². The summed E-state index contributed by atoms with van der Waals surface area (Å²) in [5, 5.41) is 2.89. The first-order valence-electron chi connectivity index (χ1n) is 9.56. The number of benzene rings is 2. The van der Waals surface area contributed by atoms with Crippen LogP contribution in [0.4, 0.5) is 10.1 Å². The molecule has 2 aromatic rings. The maximum absolute atomic E-state index is 14.4. The van der Waals surface area contributed by atoms with Crippen LogP contribution in [0.3, 0.4) is 0 Å². The molecular formula is C21H24ClFN2O4S. The Balaban J connectivity index is 1.92. The Hall–Kier alpha value is -2.16. The first kappa shape index (κ1) is 22.5. The molecule has 0 aromatic heterocycles. The third-order valence-corrected chi connectivity index (χ3v) is 7.13. The number of hydrogen-bond donors (Lipinski definition) is 1. The van der Waals surface area contributed by atoms with E-state index in [1.165, 1.54) is 23.5 Å². The molecule has 162 valence electrons. The lowest BCUT2D eigenvalue weighted by atomic mass is 9.94. The minimum Gasteiger partial charge on any atom is -0.495 e. The number of rotatable bonds is 5. The molecule has 0 unspecified atom stereocenters. The van der Waals surface area contributed by atoms with Gasteiger partial charge in [0.1, 0.15) is 11.6 Å². The molecule has 3 rings (SSSR count). The van der Waals surface area contributed by atoms with Crippen molar-refractivity contribution in [1.82, 2.24) is 4.31 Å². The minimum absolute atomic E-state index is 0.117. The van der Waals surface area contributed by atoms with Gasteiger partial charge in [0.25, 0.3) is 5.91 Å². The predicted octanol–water partition coefficient (Wildman–Crippen LogP) is 4.41. The maximum atomic E-state index is 14.4. The minimum atomic E-state index is -3.85. The molecule has 1 N–H and O–H groups in total. The normalized spacial score (nSPS) is 20.0. The summed E-state index contributed by atoms with van der Waals surface area (Å²) in [7, 11) is -2.43. The summed E-state index contributed by atoms with van der Waals surface area (Å²) < 4.78 is 47.2. The Bertz CT molecular complexity index is 1050. The molecule has 0 bridgehead atoms. The van der Waals surface area contributed by atoms with Gasteiger partial charge in [-0.25, -0.2) is 12.8 Å². The van der Waals surface area contributed by atoms with Gasteiger partial charge in [0, 0.05) is 18.1 Å². The van der Waals surface area contributed by atoms with E-state index in [1.807, 2.05) is 13.8 Å². The van der Waals surface area contributed by atoms with Crippen LogP contribution in [0.25, 0.3) is 0 Å². The highest BCUT2D eigenvalue weighted by Crippen LogP contribution is 2.30. The van der Waals surface area contributed by atoms with Gasteiger partial charge in [-0.3, -0.25) is 4.79 Å². The largest absolute Gasteiger partial charge is 0.495 e. The molecule has 1 fully saturated rings. The van der Waals surface area contributed by atoms with Crippen LogP contribution < -0.4 is 10.1 Å². The number of nitrogens with one attached hydrogen (secondary N) is 1. The zero-order valence-electron chi connectivity index (χ0n) is 17.0. The molecule has 1 heterocycles. The van der Waals surface area contributed by atoms with Crippen molar-refractivity contribution in [3.8, 4) is 5.75 Å². The maximum Gasteiger partial charge on any atom is 0.258 e. The van der Waals surface area contributed by atoms with Gasteiger partial charge < -0.3 is 10.1 Å². The molecule has 6 nitrogen and oxygen atoms in total.